The van der Waals surface area contributed by atoms with Gasteiger partial charge in [0.2, 0.25) is 0 Å². The topological polar surface area (TPSA) is 113 Å². The number of aromatic nitrogens is 3. The summed E-state index contributed by atoms with van der Waals surface area (Å²) in [5.41, 5.74) is 0.610. The van der Waals surface area contributed by atoms with Crippen LogP contribution in [0, 0.1) is 17.3 Å². The Morgan fingerprint density at radius 2 is 1.88 bits per heavy atom. The van der Waals surface area contributed by atoms with Gasteiger partial charge in [-0.15, -0.1) is 0 Å². The van der Waals surface area contributed by atoms with Crippen molar-refractivity contribution < 1.29 is 18.0 Å². The Balaban J connectivity index is 0.00000162. The number of amides is 1. The van der Waals surface area contributed by atoms with E-state index in [4.69, 9.17) is 5.41 Å². The first-order valence-electron chi connectivity index (χ1n) is 13.7. The van der Waals surface area contributed by atoms with E-state index < -0.39 is 17.6 Å². The summed E-state index contributed by atoms with van der Waals surface area (Å²) in [6.07, 6.45) is 5.87. The molecule has 0 bridgehead atoms. The summed E-state index contributed by atoms with van der Waals surface area (Å²) in [5, 5.41) is 12.3. The number of allylic oxidation sites excluding steroid dienone is 1. The number of alkyl halides is 3. The van der Waals surface area contributed by atoms with Gasteiger partial charge in [-0.05, 0) is 96.0 Å². The summed E-state index contributed by atoms with van der Waals surface area (Å²) in [5.74, 6) is 5.71. The first-order chi connectivity index (χ1) is 20.5. The lowest BCUT2D eigenvalue weighted by Crippen LogP contribution is -2.41. The number of nitrogens with one attached hydrogen (secondary N) is 4. The highest BCUT2D eigenvalue weighted by Crippen LogP contribution is 2.35. The van der Waals surface area contributed by atoms with Crippen molar-refractivity contribution in [1.82, 2.24) is 30.1 Å². The number of halogens is 3. The highest BCUT2D eigenvalue weighted by atomic mass is 19.4. The van der Waals surface area contributed by atoms with Crippen molar-refractivity contribution in [2.75, 3.05) is 46.6 Å². The highest BCUT2D eigenvalue weighted by molar-refractivity contribution is 6.04. The second-order valence-electron chi connectivity index (χ2n) is 10.2. The average Bonchev–Trinajstić information content (AvgIpc) is 3.44. The van der Waals surface area contributed by atoms with Crippen molar-refractivity contribution in [1.29, 1.82) is 5.41 Å². The molecule has 0 atom stereocenters. The summed E-state index contributed by atoms with van der Waals surface area (Å²) in [6.45, 7) is 1.66. The third-order valence-corrected chi connectivity index (χ3v) is 6.64. The van der Waals surface area contributed by atoms with Crippen LogP contribution >= 0.6 is 0 Å². The van der Waals surface area contributed by atoms with Crippen LogP contribution in [-0.2, 0) is 12.7 Å². The van der Waals surface area contributed by atoms with Gasteiger partial charge >= 0.3 is 6.18 Å². The number of anilines is 1. The Bertz CT molecular complexity index is 1460. The largest absolute Gasteiger partial charge is 0.416 e. The molecule has 0 aliphatic carbocycles. The smallest absolute Gasteiger partial charge is 0.332 e. The molecule has 43 heavy (non-hydrogen) atoms. The molecule has 4 rings (SSSR count). The Kier molecular flexibility index (Phi) is 12.2. The Labute approximate surface area is 250 Å². The van der Waals surface area contributed by atoms with Gasteiger partial charge < -0.3 is 25.9 Å². The quantitative estimate of drug-likeness (QED) is 0.237. The molecule has 1 aromatic carbocycles. The van der Waals surface area contributed by atoms with Gasteiger partial charge in [0.15, 0.2) is 0 Å². The lowest BCUT2D eigenvalue weighted by Gasteiger charge is -2.35. The molecule has 228 valence electrons. The fraction of sp³-hybridized carbons (Fsp3) is 0.355. The average molecular weight is 595 g/mol. The van der Waals surface area contributed by atoms with Crippen molar-refractivity contribution >= 4 is 23.9 Å². The maximum atomic E-state index is 14.0. The molecule has 2 aromatic heterocycles. The zero-order valence-electron chi connectivity index (χ0n) is 24.7. The number of benzene rings is 1. The normalized spacial score (nSPS) is 14.1. The minimum Gasteiger partial charge on any atom is -0.332 e. The summed E-state index contributed by atoms with van der Waals surface area (Å²) in [6, 6.07) is 5.87. The van der Waals surface area contributed by atoms with E-state index in [0.29, 0.717) is 23.1 Å². The van der Waals surface area contributed by atoms with Gasteiger partial charge in [-0.3, -0.25) is 14.7 Å². The van der Waals surface area contributed by atoms with E-state index in [1.807, 2.05) is 33.1 Å². The SMILES string of the molecule is CN(C)C1CCN(Cc2ccc(NC(=O)c3cncc(C#Cc4cnc(/C=C\C=N)[nH]4)c3)cc2C(F)(F)F)CC1.CNC. The molecule has 12 heteroatoms. The van der Waals surface area contributed by atoms with Crippen LogP contribution in [0.2, 0.25) is 0 Å². The molecular formula is C31H37F3N8O. The monoisotopic (exact) mass is 594 g/mol. The van der Waals surface area contributed by atoms with Gasteiger partial charge in [0.25, 0.3) is 5.91 Å². The molecule has 1 saturated heterocycles. The van der Waals surface area contributed by atoms with Gasteiger partial charge in [0.1, 0.15) is 11.5 Å². The third-order valence-electron chi connectivity index (χ3n) is 6.64. The second kappa shape index (κ2) is 15.8. The van der Waals surface area contributed by atoms with Gasteiger partial charge in [-0.1, -0.05) is 12.0 Å². The minimum absolute atomic E-state index is 0.0480. The Morgan fingerprint density at radius 3 is 2.53 bits per heavy atom. The number of piperidine rings is 1. The van der Waals surface area contributed by atoms with Crippen molar-refractivity contribution in [2.45, 2.75) is 31.6 Å². The van der Waals surface area contributed by atoms with Gasteiger partial charge in [-0.2, -0.15) is 13.2 Å². The molecule has 1 aliphatic rings. The Morgan fingerprint density at radius 1 is 1.16 bits per heavy atom. The zero-order chi connectivity index (χ0) is 31.4. The highest BCUT2D eigenvalue weighted by Gasteiger charge is 2.34. The van der Waals surface area contributed by atoms with Crippen molar-refractivity contribution in [2.24, 2.45) is 0 Å². The molecule has 0 spiro atoms. The van der Waals surface area contributed by atoms with Gasteiger partial charge in [0, 0.05) is 42.4 Å². The third kappa shape index (κ3) is 10.2. The van der Waals surface area contributed by atoms with E-state index in [1.165, 1.54) is 42.9 Å². The number of aromatic amines is 1. The van der Waals surface area contributed by atoms with Crippen molar-refractivity contribution in [3.63, 3.8) is 0 Å². The zero-order valence-corrected chi connectivity index (χ0v) is 24.7. The molecule has 0 radical (unpaired) electrons. The summed E-state index contributed by atoms with van der Waals surface area (Å²) in [7, 11) is 7.79. The van der Waals surface area contributed by atoms with Crippen LogP contribution in [0.15, 0.2) is 48.9 Å². The number of carbonyl (C=O) groups is 1. The van der Waals surface area contributed by atoms with E-state index in [-0.39, 0.29) is 23.4 Å². The number of H-pyrrole nitrogens is 1. The van der Waals surface area contributed by atoms with Gasteiger partial charge in [-0.25, -0.2) is 4.98 Å². The number of rotatable bonds is 7. The first kappa shape index (κ1) is 33.2. The molecule has 1 aliphatic heterocycles. The van der Waals surface area contributed by atoms with E-state index in [2.05, 4.69) is 42.3 Å². The molecule has 9 nitrogen and oxygen atoms in total. The molecule has 4 N–H and O–H groups in total. The first-order valence-corrected chi connectivity index (χ1v) is 13.7. The summed E-state index contributed by atoms with van der Waals surface area (Å²) in [4.78, 5) is 28.2. The maximum Gasteiger partial charge on any atom is 0.416 e. The van der Waals surface area contributed by atoms with Crippen LogP contribution in [0.25, 0.3) is 6.08 Å². The number of pyridine rings is 1. The molecular weight excluding hydrogens is 557 g/mol. The number of carbonyl (C=O) groups excluding carboxylic acids is 1. The van der Waals surface area contributed by atoms with Crippen LogP contribution < -0.4 is 10.6 Å². The van der Waals surface area contributed by atoms with Gasteiger partial charge in [0.05, 0.1) is 17.3 Å². The number of hydrogen-bond donors (Lipinski definition) is 4. The van der Waals surface area contributed by atoms with E-state index in [9.17, 15) is 18.0 Å². The fourth-order valence-electron chi connectivity index (χ4n) is 4.49. The standard InChI is InChI=1S/C29H30F3N7O.C2H7N/c1-38(2)25-9-12-39(13-10-25)19-21-6-8-23(15-26(21)29(30,31)32)37-28(40)22-14-20(16-34-17-22)5-7-24-18-35-27(36-24)4-3-11-33;1-3-2/h3-4,6,8,11,14-18,25,33H,9-10,12-13,19H2,1-2H3,(H,35,36)(H,37,40);3H,1-2H3/b4-3-,33-11?;. The van der Waals surface area contributed by atoms with E-state index in [1.54, 1.807) is 6.08 Å². The van der Waals surface area contributed by atoms with E-state index >= 15 is 0 Å². The number of hydrogen-bond acceptors (Lipinski definition) is 7. The molecule has 0 unspecified atom stereocenters. The molecule has 1 fully saturated rings. The second-order valence-corrected chi connectivity index (χ2v) is 10.2. The Hall–Kier alpha value is -4.31. The number of nitrogens with zero attached hydrogens (tertiary/aromatic N) is 4. The van der Waals surface area contributed by atoms with Crippen LogP contribution in [0.3, 0.4) is 0 Å². The summed E-state index contributed by atoms with van der Waals surface area (Å²) < 4.78 is 41.9. The predicted molar refractivity (Wildman–Crippen MR) is 163 cm³/mol. The number of imidazole rings is 1. The predicted octanol–water partition coefficient (Wildman–Crippen LogP) is 4.50. The summed E-state index contributed by atoms with van der Waals surface area (Å²) >= 11 is 0. The van der Waals surface area contributed by atoms with Crippen molar-refractivity contribution in [3.05, 3.63) is 82.7 Å². The van der Waals surface area contributed by atoms with Crippen LogP contribution in [-0.4, -0.2) is 84.2 Å². The molecule has 1 amide bonds. The fourth-order valence-corrected chi connectivity index (χ4v) is 4.49. The molecule has 3 heterocycles. The minimum atomic E-state index is -4.56. The molecule has 3 aromatic rings. The number of likely N-dealkylation sites (tertiary alicyclic amines) is 1. The van der Waals surface area contributed by atoms with E-state index in [0.717, 1.165) is 38.2 Å². The van der Waals surface area contributed by atoms with Crippen LogP contribution in [0.1, 0.15) is 51.4 Å². The maximum absolute atomic E-state index is 14.0. The van der Waals surface area contributed by atoms with Crippen LogP contribution in [0.4, 0.5) is 18.9 Å². The molecule has 0 saturated carbocycles. The van der Waals surface area contributed by atoms with Crippen LogP contribution in [0.5, 0.6) is 0 Å². The lowest BCUT2D eigenvalue weighted by molar-refractivity contribution is -0.138. The lowest BCUT2D eigenvalue weighted by atomic mass is 10.0. The van der Waals surface area contributed by atoms with Crippen molar-refractivity contribution in [3.8, 4) is 11.8 Å².